The standard InChI is InChI=1S/C14H14ClN3O/c1-3-14(2)7-9(6-11(14)19)18-5-4-10-12(15)16-8-17-13(10)18/h3-5,8-9H,1,6-7H2,2H3/t9?,14-/m0/s1. The highest BCUT2D eigenvalue weighted by molar-refractivity contribution is 6.33. The van der Waals surface area contributed by atoms with Crippen molar-refractivity contribution in [3.63, 3.8) is 0 Å². The molecule has 1 aliphatic carbocycles. The van der Waals surface area contributed by atoms with Crippen LogP contribution in [-0.2, 0) is 4.79 Å². The molecule has 0 N–H and O–H groups in total. The highest BCUT2D eigenvalue weighted by Crippen LogP contribution is 2.43. The Morgan fingerprint density at radius 2 is 2.37 bits per heavy atom. The van der Waals surface area contributed by atoms with Crippen molar-refractivity contribution >= 4 is 28.4 Å². The van der Waals surface area contributed by atoms with Crippen molar-refractivity contribution in [2.45, 2.75) is 25.8 Å². The Hall–Kier alpha value is -1.68. The molecule has 0 aromatic carbocycles. The van der Waals surface area contributed by atoms with Gasteiger partial charge in [0.25, 0.3) is 0 Å². The SMILES string of the molecule is C=C[C@@]1(C)CC(n2ccc3c(Cl)ncnc32)CC1=O. The maximum atomic E-state index is 12.1. The molecule has 0 spiro atoms. The molecule has 0 bridgehead atoms. The third-order valence-electron chi connectivity index (χ3n) is 4.02. The summed E-state index contributed by atoms with van der Waals surface area (Å²) >= 11 is 6.04. The molecular weight excluding hydrogens is 262 g/mol. The monoisotopic (exact) mass is 275 g/mol. The summed E-state index contributed by atoms with van der Waals surface area (Å²) in [6.07, 6.45) is 6.39. The van der Waals surface area contributed by atoms with E-state index in [4.69, 9.17) is 11.6 Å². The number of allylic oxidation sites excluding steroid dienone is 1. The summed E-state index contributed by atoms with van der Waals surface area (Å²) in [5.41, 5.74) is 0.351. The first-order chi connectivity index (χ1) is 9.05. The summed E-state index contributed by atoms with van der Waals surface area (Å²) in [7, 11) is 0. The van der Waals surface area contributed by atoms with Crippen molar-refractivity contribution in [2.24, 2.45) is 5.41 Å². The maximum Gasteiger partial charge on any atom is 0.145 e. The Balaban J connectivity index is 2.05. The summed E-state index contributed by atoms with van der Waals surface area (Å²) in [6.45, 7) is 5.72. The molecular formula is C14H14ClN3O. The molecule has 2 aromatic heterocycles. The second-order valence-corrected chi connectivity index (χ2v) is 5.59. The Morgan fingerprint density at radius 1 is 1.58 bits per heavy atom. The van der Waals surface area contributed by atoms with Crippen LogP contribution in [0.3, 0.4) is 0 Å². The van der Waals surface area contributed by atoms with Crippen LogP contribution in [0, 0.1) is 5.41 Å². The number of hydrogen-bond donors (Lipinski definition) is 0. The predicted molar refractivity (Wildman–Crippen MR) is 74.1 cm³/mol. The van der Waals surface area contributed by atoms with Crippen molar-refractivity contribution in [3.8, 4) is 0 Å². The zero-order chi connectivity index (χ0) is 13.6. The number of nitrogens with zero attached hydrogens (tertiary/aromatic N) is 3. The number of rotatable bonds is 2. The average Bonchev–Trinajstić information content (AvgIpc) is 2.94. The fraction of sp³-hybridized carbons (Fsp3) is 0.357. The first kappa shape index (κ1) is 12.4. The molecule has 5 heteroatoms. The lowest BCUT2D eigenvalue weighted by Gasteiger charge is -2.17. The van der Waals surface area contributed by atoms with Crippen molar-refractivity contribution in [1.82, 2.24) is 14.5 Å². The van der Waals surface area contributed by atoms with Gasteiger partial charge in [0.1, 0.15) is 22.9 Å². The number of hydrogen-bond acceptors (Lipinski definition) is 3. The largest absolute Gasteiger partial charge is 0.329 e. The van der Waals surface area contributed by atoms with Crippen LogP contribution >= 0.6 is 11.6 Å². The van der Waals surface area contributed by atoms with E-state index in [9.17, 15) is 4.79 Å². The van der Waals surface area contributed by atoms with Crippen LogP contribution < -0.4 is 0 Å². The Kier molecular flexibility index (Phi) is 2.71. The zero-order valence-corrected chi connectivity index (χ0v) is 11.4. The summed E-state index contributed by atoms with van der Waals surface area (Å²) < 4.78 is 2.02. The molecule has 0 amide bonds. The molecule has 2 atom stereocenters. The average molecular weight is 276 g/mol. The van der Waals surface area contributed by atoms with Crippen LogP contribution in [-0.4, -0.2) is 20.3 Å². The van der Waals surface area contributed by atoms with Crippen LogP contribution in [0.4, 0.5) is 0 Å². The fourth-order valence-corrected chi connectivity index (χ4v) is 2.94. The number of carbonyl (C=O) groups is 1. The highest BCUT2D eigenvalue weighted by atomic mass is 35.5. The normalized spacial score (nSPS) is 27.1. The molecule has 2 heterocycles. The van der Waals surface area contributed by atoms with Crippen LogP contribution in [0.5, 0.6) is 0 Å². The first-order valence-electron chi connectivity index (χ1n) is 6.19. The summed E-state index contributed by atoms with van der Waals surface area (Å²) in [5, 5.41) is 1.27. The van der Waals surface area contributed by atoms with Gasteiger partial charge in [-0.15, -0.1) is 6.58 Å². The van der Waals surface area contributed by atoms with E-state index in [1.807, 2.05) is 23.8 Å². The molecule has 19 heavy (non-hydrogen) atoms. The van der Waals surface area contributed by atoms with E-state index >= 15 is 0 Å². The molecule has 2 aromatic rings. The van der Waals surface area contributed by atoms with Crippen molar-refractivity contribution in [1.29, 1.82) is 0 Å². The molecule has 98 valence electrons. The van der Waals surface area contributed by atoms with E-state index in [0.29, 0.717) is 11.6 Å². The van der Waals surface area contributed by atoms with Crippen LogP contribution in [0.2, 0.25) is 5.15 Å². The number of Topliss-reactive ketones (excluding diaryl/α,β-unsaturated/α-hetero) is 1. The zero-order valence-electron chi connectivity index (χ0n) is 10.6. The van der Waals surface area contributed by atoms with E-state index in [-0.39, 0.29) is 11.8 Å². The quantitative estimate of drug-likeness (QED) is 0.625. The number of carbonyl (C=O) groups excluding carboxylic acids is 1. The molecule has 3 rings (SSSR count). The second kappa shape index (κ2) is 4.17. The third-order valence-corrected chi connectivity index (χ3v) is 4.32. The van der Waals surface area contributed by atoms with Crippen molar-refractivity contribution in [3.05, 3.63) is 36.4 Å². The molecule has 1 aliphatic rings. The van der Waals surface area contributed by atoms with E-state index < -0.39 is 5.41 Å². The number of fused-ring (bicyclic) bond motifs is 1. The van der Waals surface area contributed by atoms with Gasteiger partial charge in [-0.25, -0.2) is 9.97 Å². The minimum absolute atomic E-state index is 0.110. The van der Waals surface area contributed by atoms with Gasteiger partial charge in [-0.2, -0.15) is 0 Å². The summed E-state index contributed by atoms with van der Waals surface area (Å²) in [5.74, 6) is 0.231. The third kappa shape index (κ3) is 1.78. The van der Waals surface area contributed by atoms with Gasteiger partial charge in [0, 0.05) is 24.1 Å². The second-order valence-electron chi connectivity index (χ2n) is 5.23. The smallest absolute Gasteiger partial charge is 0.145 e. The molecule has 1 saturated carbocycles. The lowest BCUT2D eigenvalue weighted by Crippen LogP contribution is -2.17. The number of halogens is 1. The Morgan fingerprint density at radius 3 is 3.05 bits per heavy atom. The van der Waals surface area contributed by atoms with Crippen LogP contribution in [0.1, 0.15) is 25.8 Å². The highest BCUT2D eigenvalue weighted by Gasteiger charge is 2.41. The van der Waals surface area contributed by atoms with E-state index in [1.54, 1.807) is 6.08 Å². The summed E-state index contributed by atoms with van der Waals surface area (Å²) in [4.78, 5) is 20.3. The topological polar surface area (TPSA) is 47.8 Å². The van der Waals surface area contributed by atoms with Gasteiger partial charge < -0.3 is 4.57 Å². The first-order valence-corrected chi connectivity index (χ1v) is 6.57. The molecule has 4 nitrogen and oxygen atoms in total. The predicted octanol–water partition coefficient (Wildman–Crippen LogP) is 3.18. The van der Waals surface area contributed by atoms with Gasteiger partial charge in [0.2, 0.25) is 0 Å². The Bertz CT molecular complexity index is 678. The lowest BCUT2D eigenvalue weighted by molar-refractivity contribution is -0.123. The number of ketones is 1. The minimum atomic E-state index is -0.432. The lowest BCUT2D eigenvalue weighted by atomic mass is 9.88. The minimum Gasteiger partial charge on any atom is -0.329 e. The van der Waals surface area contributed by atoms with Crippen LogP contribution in [0.25, 0.3) is 11.0 Å². The molecule has 0 aliphatic heterocycles. The molecule has 0 radical (unpaired) electrons. The van der Waals surface area contributed by atoms with Gasteiger partial charge in [-0.3, -0.25) is 4.79 Å². The van der Waals surface area contributed by atoms with Gasteiger partial charge in [-0.1, -0.05) is 17.7 Å². The number of aromatic nitrogens is 3. The molecule has 1 fully saturated rings. The van der Waals surface area contributed by atoms with E-state index in [0.717, 1.165) is 17.5 Å². The van der Waals surface area contributed by atoms with E-state index in [2.05, 4.69) is 16.5 Å². The summed E-state index contributed by atoms with van der Waals surface area (Å²) in [6, 6.07) is 2.00. The maximum absolute atomic E-state index is 12.1. The Labute approximate surface area is 116 Å². The van der Waals surface area contributed by atoms with Crippen LogP contribution in [0.15, 0.2) is 31.2 Å². The van der Waals surface area contributed by atoms with Gasteiger partial charge in [-0.05, 0) is 19.4 Å². The van der Waals surface area contributed by atoms with Crippen molar-refractivity contribution < 1.29 is 4.79 Å². The van der Waals surface area contributed by atoms with Gasteiger partial charge in [0.15, 0.2) is 0 Å². The van der Waals surface area contributed by atoms with Gasteiger partial charge in [0.05, 0.1) is 5.39 Å². The fourth-order valence-electron chi connectivity index (χ4n) is 2.75. The van der Waals surface area contributed by atoms with Crippen molar-refractivity contribution in [2.75, 3.05) is 0 Å². The van der Waals surface area contributed by atoms with E-state index in [1.165, 1.54) is 6.33 Å². The molecule has 0 saturated heterocycles. The van der Waals surface area contributed by atoms with Gasteiger partial charge >= 0.3 is 0 Å². The molecule has 1 unspecified atom stereocenters.